The van der Waals surface area contributed by atoms with Crippen molar-refractivity contribution in [3.05, 3.63) is 35.9 Å². The Hall–Kier alpha value is -1.39. The Morgan fingerprint density at radius 1 is 1.23 bits per heavy atom. The van der Waals surface area contributed by atoms with E-state index in [0.29, 0.717) is 25.7 Å². The van der Waals surface area contributed by atoms with Crippen LogP contribution in [0.5, 0.6) is 0 Å². The first-order chi connectivity index (χ1) is 10.7. The van der Waals surface area contributed by atoms with Gasteiger partial charge in [0.1, 0.15) is 0 Å². The van der Waals surface area contributed by atoms with Crippen molar-refractivity contribution < 1.29 is 9.90 Å². The van der Waals surface area contributed by atoms with Gasteiger partial charge in [0.15, 0.2) is 0 Å². The molecule has 2 rings (SSSR count). The monoisotopic (exact) mass is 304 g/mol. The molecule has 22 heavy (non-hydrogen) atoms. The number of aliphatic hydroxyl groups is 1. The average Bonchev–Trinajstić information content (AvgIpc) is 2.51. The lowest BCUT2D eigenvalue weighted by Crippen LogP contribution is -2.43. The van der Waals surface area contributed by atoms with E-state index in [1.807, 2.05) is 35.2 Å². The van der Waals surface area contributed by atoms with E-state index in [1.54, 1.807) is 0 Å². The number of rotatable bonds is 7. The SMILES string of the molecule is CC1CCC(NC(=O)CN(CCO)Cc2ccccc2)CC1. The summed E-state index contributed by atoms with van der Waals surface area (Å²) in [6.45, 7) is 3.91. The number of benzene rings is 1. The molecular weight excluding hydrogens is 276 g/mol. The zero-order valence-electron chi connectivity index (χ0n) is 13.5. The molecule has 4 heteroatoms. The van der Waals surface area contributed by atoms with Crippen LogP contribution in [0.25, 0.3) is 0 Å². The van der Waals surface area contributed by atoms with Crippen molar-refractivity contribution in [1.29, 1.82) is 0 Å². The molecule has 0 unspecified atom stereocenters. The fourth-order valence-electron chi connectivity index (χ4n) is 3.08. The number of hydrogen-bond donors (Lipinski definition) is 2. The number of hydrogen-bond acceptors (Lipinski definition) is 3. The summed E-state index contributed by atoms with van der Waals surface area (Å²) in [5, 5.41) is 12.4. The molecule has 1 aromatic carbocycles. The van der Waals surface area contributed by atoms with Gasteiger partial charge in [-0.25, -0.2) is 0 Å². The highest BCUT2D eigenvalue weighted by atomic mass is 16.3. The minimum absolute atomic E-state index is 0.0705. The maximum atomic E-state index is 12.2. The molecule has 0 bridgehead atoms. The number of nitrogens with zero attached hydrogens (tertiary/aromatic N) is 1. The number of carbonyl (C=O) groups is 1. The third-order valence-electron chi connectivity index (χ3n) is 4.41. The summed E-state index contributed by atoms with van der Waals surface area (Å²) in [6, 6.07) is 10.4. The van der Waals surface area contributed by atoms with Crippen molar-refractivity contribution in [3.63, 3.8) is 0 Å². The highest BCUT2D eigenvalue weighted by molar-refractivity contribution is 5.78. The maximum Gasteiger partial charge on any atom is 0.234 e. The second kappa shape index (κ2) is 8.91. The van der Waals surface area contributed by atoms with Crippen LogP contribution < -0.4 is 5.32 Å². The third-order valence-corrected chi connectivity index (χ3v) is 4.41. The quantitative estimate of drug-likeness (QED) is 0.812. The van der Waals surface area contributed by atoms with Crippen LogP contribution in [0.2, 0.25) is 0 Å². The molecule has 4 nitrogen and oxygen atoms in total. The first-order valence-electron chi connectivity index (χ1n) is 8.34. The molecule has 2 N–H and O–H groups in total. The molecule has 0 aromatic heterocycles. The molecule has 1 amide bonds. The molecule has 0 aliphatic heterocycles. The molecule has 122 valence electrons. The number of nitrogens with one attached hydrogen (secondary N) is 1. The van der Waals surface area contributed by atoms with Gasteiger partial charge in [0, 0.05) is 19.1 Å². The van der Waals surface area contributed by atoms with Gasteiger partial charge in [-0.2, -0.15) is 0 Å². The van der Waals surface area contributed by atoms with Crippen molar-refractivity contribution in [3.8, 4) is 0 Å². The summed E-state index contributed by atoms with van der Waals surface area (Å²) in [5.74, 6) is 0.862. The van der Waals surface area contributed by atoms with Crippen LogP contribution in [0.3, 0.4) is 0 Å². The number of carbonyl (C=O) groups excluding carboxylic acids is 1. The normalized spacial score (nSPS) is 21.8. The van der Waals surface area contributed by atoms with Crippen molar-refractivity contribution >= 4 is 5.91 Å². The predicted octanol–water partition coefficient (Wildman–Crippen LogP) is 2.18. The highest BCUT2D eigenvalue weighted by Crippen LogP contribution is 2.23. The van der Waals surface area contributed by atoms with E-state index < -0.39 is 0 Å². The Bertz CT molecular complexity index is 442. The van der Waals surface area contributed by atoms with Crippen LogP contribution in [0.4, 0.5) is 0 Å². The van der Waals surface area contributed by atoms with Crippen LogP contribution in [0, 0.1) is 5.92 Å². The van der Waals surface area contributed by atoms with Crippen LogP contribution >= 0.6 is 0 Å². The number of aliphatic hydroxyl groups excluding tert-OH is 1. The summed E-state index contributed by atoms with van der Waals surface area (Å²) in [4.78, 5) is 14.2. The zero-order valence-corrected chi connectivity index (χ0v) is 13.5. The van der Waals surface area contributed by atoms with Gasteiger partial charge < -0.3 is 10.4 Å². The molecule has 0 atom stereocenters. The van der Waals surface area contributed by atoms with E-state index in [0.717, 1.165) is 24.3 Å². The molecular formula is C18H28N2O2. The first-order valence-corrected chi connectivity index (χ1v) is 8.34. The van der Waals surface area contributed by atoms with Gasteiger partial charge in [0.05, 0.1) is 13.2 Å². The largest absolute Gasteiger partial charge is 0.395 e. The molecule has 0 saturated heterocycles. The van der Waals surface area contributed by atoms with E-state index in [1.165, 1.54) is 12.8 Å². The standard InChI is InChI=1S/C18H28N2O2/c1-15-7-9-17(10-8-15)19-18(22)14-20(11-12-21)13-16-5-3-2-4-6-16/h2-6,15,17,21H,7-14H2,1H3,(H,19,22). The van der Waals surface area contributed by atoms with Crippen LogP contribution in [0.1, 0.15) is 38.2 Å². The predicted molar refractivity (Wildman–Crippen MR) is 88.4 cm³/mol. The minimum Gasteiger partial charge on any atom is -0.395 e. The molecule has 0 radical (unpaired) electrons. The summed E-state index contributed by atoms with van der Waals surface area (Å²) in [7, 11) is 0. The van der Waals surface area contributed by atoms with Crippen molar-refractivity contribution in [1.82, 2.24) is 10.2 Å². The van der Waals surface area contributed by atoms with Gasteiger partial charge in [-0.15, -0.1) is 0 Å². The molecule has 1 saturated carbocycles. The smallest absolute Gasteiger partial charge is 0.234 e. The van der Waals surface area contributed by atoms with E-state index in [4.69, 9.17) is 0 Å². The molecule has 1 aromatic rings. The summed E-state index contributed by atoms with van der Waals surface area (Å²) in [5.41, 5.74) is 1.16. The van der Waals surface area contributed by atoms with E-state index in [9.17, 15) is 9.90 Å². The lowest BCUT2D eigenvalue weighted by atomic mass is 9.87. The highest BCUT2D eigenvalue weighted by Gasteiger charge is 2.20. The average molecular weight is 304 g/mol. The topological polar surface area (TPSA) is 52.6 Å². The maximum absolute atomic E-state index is 12.2. The summed E-state index contributed by atoms with van der Waals surface area (Å²) in [6.07, 6.45) is 4.59. The van der Waals surface area contributed by atoms with Gasteiger partial charge in [-0.3, -0.25) is 9.69 Å². The van der Waals surface area contributed by atoms with Crippen LogP contribution in [-0.4, -0.2) is 41.7 Å². The van der Waals surface area contributed by atoms with Crippen molar-refractivity contribution in [2.75, 3.05) is 19.7 Å². The second-order valence-electron chi connectivity index (χ2n) is 6.44. The van der Waals surface area contributed by atoms with Crippen LogP contribution in [-0.2, 0) is 11.3 Å². The Morgan fingerprint density at radius 2 is 1.91 bits per heavy atom. The molecule has 0 heterocycles. The lowest BCUT2D eigenvalue weighted by Gasteiger charge is -2.28. The summed E-state index contributed by atoms with van der Waals surface area (Å²) >= 11 is 0. The van der Waals surface area contributed by atoms with Gasteiger partial charge in [-0.1, -0.05) is 37.3 Å². The minimum atomic E-state index is 0.0705. The van der Waals surface area contributed by atoms with E-state index in [2.05, 4.69) is 12.2 Å². The molecule has 1 aliphatic rings. The van der Waals surface area contributed by atoms with Gasteiger partial charge >= 0.3 is 0 Å². The van der Waals surface area contributed by atoms with E-state index >= 15 is 0 Å². The Morgan fingerprint density at radius 3 is 2.55 bits per heavy atom. The fraction of sp³-hybridized carbons (Fsp3) is 0.611. The van der Waals surface area contributed by atoms with Crippen molar-refractivity contribution in [2.45, 2.75) is 45.2 Å². The van der Waals surface area contributed by atoms with Gasteiger partial charge in [0.2, 0.25) is 5.91 Å². The molecule has 0 spiro atoms. The number of amides is 1. The van der Waals surface area contributed by atoms with Crippen LogP contribution in [0.15, 0.2) is 30.3 Å². The Balaban J connectivity index is 1.80. The third kappa shape index (κ3) is 5.78. The second-order valence-corrected chi connectivity index (χ2v) is 6.44. The van der Waals surface area contributed by atoms with E-state index in [-0.39, 0.29) is 12.5 Å². The fourth-order valence-corrected chi connectivity index (χ4v) is 3.08. The molecule has 1 fully saturated rings. The van der Waals surface area contributed by atoms with Crippen molar-refractivity contribution in [2.24, 2.45) is 5.92 Å². The van der Waals surface area contributed by atoms with Gasteiger partial charge in [0.25, 0.3) is 0 Å². The zero-order chi connectivity index (χ0) is 15.8. The first kappa shape index (κ1) is 17.0. The van der Waals surface area contributed by atoms with Gasteiger partial charge in [-0.05, 0) is 37.2 Å². The Labute approximate surface area is 133 Å². The Kier molecular flexibility index (Phi) is 6.87. The lowest BCUT2D eigenvalue weighted by molar-refractivity contribution is -0.123. The summed E-state index contributed by atoms with van der Waals surface area (Å²) < 4.78 is 0. The molecule has 1 aliphatic carbocycles.